The van der Waals surface area contributed by atoms with Gasteiger partial charge in [0.2, 0.25) is 5.88 Å². The molecule has 0 spiro atoms. The molecule has 1 aromatic heterocycles. The number of hydrogen-bond acceptors (Lipinski definition) is 3. The Balaban J connectivity index is 0.00000242. The smallest absolute Gasteiger partial charge is 0.232 e. The molecule has 0 aliphatic carbocycles. The lowest BCUT2D eigenvalue weighted by molar-refractivity contribution is 0.268. The number of piperidine rings is 1. The SMILES string of the molecule is CC1CCCN(C(N)=NCCOc2ncc(Cl)cc2Cl)C1.I. The molecule has 2 rings (SSSR count). The molecule has 1 unspecified atom stereocenters. The third-order valence-corrected chi connectivity index (χ3v) is 3.84. The monoisotopic (exact) mass is 458 g/mol. The summed E-state index contributed by atoms with van der Waals surface area (Å²) in [4.78, 5) is 10.5. The highest BCUT2D eigenvalue weighted by Gasteiger charge is 2.17. The Labute approximate surface area is 158 Å². The van der Waals surface area contributed by atoms with Gasteiger partial charge in [0.05, 0.1) is 11.6 Å². The minimum Gasteiger partial charge on any atom is -0.475 e. The Morgan fingerprint density at radius 1 is 1.55 bits per heavy atom. The van der Waals surface area contributed by atoms with Crippen LogP contribution in [0.3, 0.4) is 0 Å². The molecule has 22 heavy (non-hydrogen) atoms. The van der Waals surface area contributed by atoms with Gasteiger partial charge >= 0.3 is 0 Å². The van der Waals surface area contributed by atoms with E-state index in [1.165, 1.54) is 12.6 Å². The van der Waals surface area contributed by atoms with Crippen molar-refractivity contribution in [3.8, 4) is 5.88 Å². The van der Waals surface area contributed by atoms with Gasteiger partial charge in [0.25, 0.3) is 0 Å². The van der Waals surface area contributed by atoms with Gasteiger partial charge in [-0.1, -0.05) is 30.1 Å². The molecule has 124 valence electrons. The summed E-state index contributed by atoms with van der Waals surface area (Å²) in [5.74, 6) is 1.61. The van der Waals surface area contributed by atoms with Crippen molar-refractivity contribution in [1.29, 1.82) is 0 Å². The van der Waals surface area contributed by atoms with E-state index in [1.54, 1.807) is 6.07 Å². The van der Waals surface area contributed by atoms with E-state index in [0.717, 1.165) is 19.5 Å². The van der Waals surface area contributed by atoms with E-state index in [0.29, 0.717) is 41.0 Å². The number of aromatic nitrogens is 1. The Kier molecular flexibility index (Phi) is 8.56. The van der Waals surface area contributed by atoms with Crippen LogP contribution in [0.4, 0.5) is 0 Å². The summed E-state index contributed by atoms with van der Waals surface area (Å²) in [6.07, 6.45) is 3.92. The minimum atomic E-state index is 0. The van der Waals surface area contributed by atoms with Gasteiger partial charge < -0.3 is 15.4 Å². The topological polar surface area (TPSA) is 63.7 Å². The molecule has 1 aliphatic heterocycles. The molecule has 8 heteroatoms. The van der Waals surface area contributed by atoms with E-state index in [-0.39, 0.29) is 24.0 Å². The predicted molar refractivity (Wildman–Crippen MR) is 102 cm³/mol. The Bertz CT molecular complexity index is 516. The molecule has 0 radical (unpaired) electrons. The maximum Gasteiger partial charge on any atom is 0.232 e. The molecule has 2 heterocycles. The first-order valence-corrected chi connectivity index (χ1v) is 7.80. The van der Waals surface area contributed by atoms with E-state index in [4.69, 9.17) is 33.7 Å². The summed E-state index contributed by atoms with van der Waals surface area (Å²) in [7, 11) is 0. The molecule has 1 saturated heterocycles. The molecule has 0 saturated carbocycles. The van der Waals surface area contributed by atoms with Gasteiger partial charge in [-0.25, -0.2) is 9.98 Å². The van der Waals surface area contributed by atoms with Crippen molar-refractivity contribution in [2.45, 2.75) is 19.8 Å². The molecule has 0 amide bonds. The number of hydrogen-bond donors (Lipinski definition) is 1. The lowest BCUT2D eigenvalue weighted by Gasteiger charge is -2.31. The third-order valence-electron chi connectivity index (χ3n) is 3.36. The fourth-order valence-electron chi connectivity index (χ4n) is 2.31. The van der Waals surface area contributed by atoms with E-state index in [9.17, 15) is 0 Å². The van der Waals surface area contributed by atoms with E-state index in [1.807, 2.05) is 0 Å². The molecule has 1 atom stereocenters. The second kappa shape index (κ2) is 9.62. The zero-order valence-corrected chi connectivity index (χ0v) is 16.3. The van der Waals surface area contributed by atoms with Gasteiger partial charge in [0.15, 0.2) is 5.96 Å². The van der Waals surface area contributed by atoms with Crippen LogP contribution in [0.2, 0.25) is 10.0 Å². The van der Waals surface area contributed by atoms with Crippen molar-refractivity contribution >= 4 is 53.1 Å². The van der Waals surface area contributed by atoms with Gasteiger partial charge in [-0.3, -0.25) is 0 Å². The Morgan fingerprint density at radius 2 is 2.32 bits per heavy atom. The van der Waals surface area contributed by atoms with Crippen LogP contribution in [-0.4, -0.2) is 42.1 Å². The molecule has 5 nitrogen and oxygen atoms in total. The average molecular weight is 459 g/mol. The van der Waals surface area contributed by atoms with Crippen molar-refractivity contribution in [2.24, 2.45) is 16.6 Å². The lowest BCUT2D eigenvalue weighted by atomic mass is 10.0. The first kappa shape index (κ1) is 19.6. The van der Waals surface area contributed by atoms with Gasteiger partial charge in [-0.15, -0.1) is 24.0 Å². The Hall–Kier alpha value is -0.470. The predicted octanol–water partition coefficient (Wildman–Crippen LogP) is 3.43. The van der Waals surface area contributed by atoms with E-state index in [2.05, 4.69) is 21.8 Å². The normalized spacial score (nSPS) is 18.8. The second-order valence-electron chi connectivity index (χ2n) is 5.22. The number of nitrogens with two attached hydrogens (primary N) is 1. The summed E-state index contributed by atoms with van der Waals surface area (Å²) < 4.78 is 5.47. The van der Waals surface area contributed by atoms with Crippen LogP contribution in [0.15, 0.2) is 17.3 Å². The summed E-state index contributed by atoms with van der Waals surface area (Å²) in [6.45, 7) is 5.03. The fourth-order valence-corrected chi connectivity index (χ4v) is 2.74. The largest absolute Gasteiger partial charge is 0.475 e. The minimum absolute atomic E-state index is 0. The summed E-state index contributed by atoms with van der Waals surface area (Å²) in [5.41, 5.74) is 6.00. The Morgan fingerprint density at radius 3 is 3.00 bits per heavy atom. The fraction of sp³-hybridized carbons (Fsp3) is 0.571. The van der Waals surface area contributed by atoms with E-state index < -0.39 is 0 Å². The van der Waals surface area contributed by atoms with Crippen LogP contribution < -0.4 is 10.5 Å². The molecular formula is C14H21Cl2IN4O. The number of aliphatic imine (C=N–C) groups is 1. The third kappa shape index (κ3) is 5.96. The van der Waals surface area contributed by atoms with Crippen molar-refractivity contribution < 1.29 is 4.74 Å². The zero-order valence-electron chi connectivity index (χ0n) is 12.5. The summed E-state index contributed by atoms with van der Waals surface area (Å²) in [5, 5.41) is 0.873. The molecule has 1 aromatic rings. The number of ether oxygens (including phenoxy) is 1. The molecule has 2 N–H and O–H groups in total. The number of halogens is 3. The molecule has 0 bridgehead atoms. The van der Waals surface area contributed by atoms with Crippen molar-refractivity contribution in [2.75, 3.05) is 26.2 Å². The standard InChI is InChI=1S/C14H20Cl2N4O.HI/c1-10-3-2-5-20(9-10)14(17)18-4-6-21-13-12(16)7-11(15)8-19-13;/h7-8,10H,2-6,9H2,1H3,(H2,17,18);1H. The maximum absolute atomic E-state index is 6.00. The van der Waals surface area contributed by atoms with E-state index >= 15 is 0 Å². The highest BCUT2D eigenvalue weighted by molar-refractivity contribution is 14.0. The molecule has 1 fully saturated rings. The van der Waals surface area contributed by atoms with Crippen molar-refractivity contribution in [3.63, 3.8) is 0 Å². The molecule has 0 aromatic carbocycles. The first-order chi connectivity index (χ1) is 10.1. The summed E-state index contributed by atoms with van der Waals surface area (Å²) in [6, 6.07) is 1.60. The van der Waals surface area contributed by atoms with Crippen LogP contribution in [-0.2, 0) is 0 Å². The van der Waals surface area contributed by atoms with Crippen LogP contribution in [0, 0.1) is 5.92 Å². The average Bonchev–Trinajstić information content (AvgIpc) is 2.45. The van der Waals surface area contributed by atoms with Gasteiger partial charge in [0.1, 0.15) is 11.6 Å². The van der Waals surface area contributed by atoms with Gasteiger partial charge in [0, 0.05) is 19.3 Å². The highest BCUT2D eigenvalue weighted by atomic mass is 127. The number of likely N-dealkylation sites (tertiary alicyclic amines) is 1. The lowest BCUT2D eigenvalue weighted by Crippen LogP contribution is -2.43. The van der Waals surface area contributed by atoms with Crippen LogP contribution in [0.5, 0.6) is 5.88 Å². The number of guanidine groups is 1. The molecule has 1 aliphatic rings. The maximum atomic E-state index is 6.00. The summed E-state index contributed by atoms with van der Waals surface area (Å²) >= 11 is 11.7. The van der Waals surface area contributed by atoms with Gasteiger partial charge in [-0.05, 0) is 24.8 Å². The van der Waals surface area contributed by atoms with Gasteiger partial charge in [-0.2, -0.15) is 0 Å². The highest BCUT2D eigenvalue weighted by Crippen LogP contribution is 2.24. The number of nitrogens with zero attached hydrogens (tertiary/aromatic N) is 3. The van der Waals surface area contributed by atoms with Crippen LogP contribution in [0.25, 0.3) is 0 Å². The zero-order chi connectivity index (χ0) is 15.2. The van der Waals surface area contributed by atoms with Crippen molar-refractivity contribution in [3.05, 3.63) is 22.3 Å². The first-order valence-electron chi connectivity index (χ1n) is 7.05. The van der Waals surface area contributed by atoms with Crippen LogP contribution >= 0.6 is 47.2 Å². The molecular weight excluding hydrogens is 438 g/mol. The number of rotatable bonds is 4. The van der Waals surface area contributed by atoms with Crippen LogP contribution in [0.1, 0.15) is 19.8 Å². The quantitative estimate of drug-likeness (QED) is 0.325. The van der Waals surface area contributed by atoms with Crippen molar-refractivity contribution in [1.82, 2.24) is 9.88 Å². The number of pyridine rings is 1. The second-order valence-corrected chi connectivity index (χ2v) is 6.07.